The first kappa shape index (κ1) is 18.0. The minimum atomic E-state index is -0.560. The summed E-state index contributed by atoms with van der Waals surface area (Å²) >= 11 is 0. The molecular formula is C17H25NO4. The van der Waals surface area contributed by atoms with Gasteiger partial charge < -0.3 is 19.9 Å². The van der Waals surface area contributed by atoms with E-state index in [0.29, 0.717) is 24.0 Å². The molecule has 0 heterocycles. The number of hydrogen-bond acceptors (Lipinski definition) is 4. The highest BCUT2D eigenvalue weighted by atomic mass is 16.5. The van der Waals surface area contributed by atoms with Crippen molar-refractivity contribution in [1.82, 2.24) is 5.32 Å². The van der Waals surface area contributed by atoms with Crippen LogP contribution < -0.4 is 14.8 Å². The highest BCUT2D eigenvalue weighted by Crippen LogP contribution is 2.28. The number of aliphatic hydroxyl groups excluding tert-OH is 1. The van der Waals surface area contributed by atoms with Crippen molar-refractivity contribution in [3.63, 3.8) is 0 Å². The van der Waals surface area contributed by atoms with Gasteiger partial charge in [-0.15, -0.1) is 0 Å². The van der Waals surface area contributed by atoms with Gasteiger partial charge in [-0.05, 0) is 36.6 Å². The van der Waals surface area contributed by atoms with Gasteiger partial charge in [-0.1, -0.05) is 19.9 Å². The summed E-state index contributed by atoms with van der Waals surface area (Å²) in [5.41, 5.74) is 0.834. The molecule has 0 spiro atoms. The summed E-state index contributed by atoms with van der Waals surface area (Å²) in [5.74, 6) is 1.50. The smallest absolute Gasteiger partial charge is 0.244 e. The molecule has 0 fully saturated rings. The van der Waals surface area contributed by atoms with E-state index in [1.54, 1.807) is 20.1 Å². The zero-order valence-corrected chi connectivity index (χ0v) is 13.6. The monoisotopic (exact) mass is 307 g/mol. The second kappa shape index (κ2) is 9.10. The van der Waals surface area contributed by atoms with E-state index in [2.05, 4.69) is 19.2 Å². The van der Waals surface area contributed by atoms with Crippen LogP contribution in [0.2, 0.25) is 0 Å². The first-order valence-corrected chi connectivity index (χ1v) is 7.37. The SMILES string of the molecule is COc1cc(/C=C/C(=O)NCC(C)O)ccc1OCC(C)C. The summed E-state index contributed by atoms with van der Waals surface area (Å²) in [6.45, 7) is 6.62. The van der Waals surface area contributed by atoms with Gasteiger partial charge in [0.1, 0.15) is 0 Å². The number of rotatable bonds is 8. The molecule has 0 aliphatic rings. The third-order valence-electron chi connectivity index (χ3n) is 2.76. The molecule has 1 unspecified atom stereocenters. The van der Waals surface area contributed by atoms with Crippen LogP contribution in [-0.4, -0.2) is 37.4 Å². The summed E-state index contributed by atoms with van der Waals surface area (Å²) in [6, 6.07) is 5.50. The van der Waals surface area contributed by atoms with E-state index in [0.717, 1.165) is 5.56 Å². The Morgan fingerprint density at radius 1 is 1.32 bits per heavy atom. The van der Waals surface area contributed by atoms with E-state index in [4.69, 9.17) is 14.6 Å². The lowest BCUT2D eigenvalue weighted by Gasteiger charge is -2.12. The van der Waals surface area contributed by atoms with Gasteiger partial charge in [-0.2, -0.15) is 0 Å². The molecule has 0 radical (unpaired) electrons. The van der Waals surface area contributed by atoms with Gasteiger partial charge in [0, 0.05) is 12.6 Å². The number of carbonyl (C=O) groups is 1. The van der Waals surface area contributed by atoms with Crippen LogP contribution in [0.25, 0.3) is 6.08 Å². The summed E-state index contributed by atoms with van der Waals surface area (Å²) in [4.78, 5) is 11.6. The van der Waals surface area contributed by atoms with Gasteiger partial charge in [0.25, 0.3) is 0 Å². The van der Waals surface area contributed by atoms with Gasteiger partial charge >= 0.3 is 0 Å². The van der Waals surface area contributed by atoms with Crippen LogP contribution in [0, 0.1) is 5.92 Å². The van der Waals surface area contributed by atoms with E-state index in [-0.39, 0.29) is 12.5 Å². The number of methoxy groups -OCH3 is 1. The summed E-state index contributed by atoms with van der Waals surface area (Å²) < 4.78 is 11.0. The second-order valence-electron chi connectivity index (χ2n) is 5.54. The molecule has 5 nitrogen and oxygen atoms in total. The van der Waals surface area contributed by atoms with Crippen molar-refractivity contribution >= 4 is 12.0 Å². The first-order valence-electron chi connectivity index (χ1n) is 7.37. The fourth-order valence-corrected chi connectivity index (χ4v) is 1.64. The number of aliphatic hydroxyl groups is 1. The number of amides is 1. The van der Waals surface area contributed by atoms with Crippen LogP contribution in [0.3, 0.4) is 0 Å². The summed E-state index contributed by atoms with van der Waals surface area (Å²) in [6.07, 6.45) is 2.55. The Bertz CT molecular complexity index is 509. The Labute approximate surface area is 131 Å². The minimum absolute atomic E-state index is 0.231. The van der Waals surface area contributed by atoms with Gasteiger partial charge in [0.05, 0.1) is 19.8 Å². The number of nitrogens with one attached hydrogen (secondary N) is 1. The van der Waals surface area contributed by atoms with Crippen LogP contribution in [-0.2, 0) is 4.79 Å². The standard InChI is InChI=1S/C17H25NO4/c1-12(2)11-22-15-7-5-14(9-16(15)21-4)6-8-17(20)18-10-13(3)19/h5-9,12-13,19H,10-11H2,1-4H3,(H,18,20)/b8-6+. The molecule has 0 saturated heterocycles. The molecule has 2 N–H and O–H groups in total. The average Bonchev–Trinajstić information content (AvgIpc) is 2.48. The van der Waals surface area contributed by atoms with Crippen molar-refractivity contribution in [3.05, 3.63) is 29.8 Å². The first-order chi connectivity index (χ1) is 10.4. The van der Waals surface area contributed by atoms with E-state index in [9.17, 15) is 4.79 Å². The number of benzene rings is 1. The minimum Gasteiger partial charge on any atom is -0.493 e. The molecule has 0 aromatic heterocycles. The van der Waals surface area contributed by atoms with Crippen molar-refractivity contribution in [2.24, 2.45) is 5.92 Å². The van der Waals surface area contributed by atoms with Crippen molar-refractivity contribution in [2.75, 3.05) is 20.3 Å². The zero-order chi connectivity index (χ0) is 16.5. The fraction of sp³-hybridized carbons (Fsp3) is 0.471. The number of ether oxygens (including phenoxy) is 2. The maximum atomic E-state index is 11.6. The lowest BCUT2D eigenvalue weighted by Crippen LogP contribution is -2.28. The molecule has 122 valence electrons. The third kappa shape index (κ3) is 6.63. The lowest BCUT2D eigenvalue weighted by atomic mass is 10.2. The van der Waals surface area contributed by atoms with Crippen LogP contribution in [0.5, 0.6) is 11.5 Å². The molecule has 1 amide bonds. The molecule has 22 heavy (non-hydrogen) atoms. The topological polar surface area (TPSA) is 67.8 Å². The molecule has 5 heteroatoms. The Balaban J connectivity index is 2.70. The fourth-order valence-electron chi connectivity index (χ4n) is 1.64. The molecule has 0 aliphatic heterocycles. The van der Waals surface area contributed by atoms with E-state index < -0.39 is 6.10 Å². The second-order valence-corrected chi connectivity index (χ2v) is 5.54. The zero-order valence-electron chi connectivity index (χ0n) is 13.6. The van der Waals surface area contributed by atoms with Gasteiger partial charge in [0.2, 0.25) is 5.91 Å². The van der Waals surface area contributed by atoms with E-state index >= 15 is 0 Å². The highest BCUT2D eigenvalue weighted by molar-refractivity contribution is 5.91. The van der Waals surface area contributed by atoms with Crippen molar-refractivity contribution in [3.8, 4) is 11.5 Å². The van der Waals surface area contributed by atoms with Crippen LogP contribution >= 0.6 is 0 Å². The molecule has 1 aromatic rings. The predicted molar refractivity (Wildman–Crippen MR) is 87.1 cm³/mol. The highest BCUT2D eigenvalue weighted by Gasteiger charge is 2.06. The third-order valence-corrected chi connectivity index (χ3v) is 2.76. The molecule has 1 atom stereocenters. The quantitative estimate of drug-likeness (QED) is 0.723. The molecule has 1 aromatic carbocycles. The molecule has 0 saturated carbocycles. The van der Waals surface area contributed by atoms with Crippen molar-refractivity contribution < 1.29 is 19.4 Å². The Hall–Kier alpha value is -2.01. The molecule has 0 aliphatic carbocycles. The van der Waals surface area contributed by atoms with Crippen LogP contribution in [0.1, 0.15) is 26.3 Å². The Kier molecular flexibility index (Phi) is 7.46. The lowest BCUT2D eigenvalue weighted by molar-refractivity contribution is -0.116. The summed E-state index contributed by atoms with van der Waals surface area (Å²) in [5, 5.41) is 11.7. The van der Waals surface area contributed by atoms with E-state index in [1.807, 2.05) is 18.2 Å². The van der Waals surface area contributed by atoms with Crippen molar-refractivity contribution in [2.45, 2.75) is 26.9 Å². The van der Waals surface area contributed by atoms with Crippen LogP contribution in [0.15, 0.2) is 24.3 Å². The van der Waals surface area contributed by atoms with Crippen molar-refractivity contribution in [1.29, 1.82) is 0 Å². The normalized spacial score (nSPS) is 12.5. The predicted octanol–water partition coefficient (Wildman–Crippen LogP) is 2.24. The van der Waals surface area contributed by atoms with Gasteiger partial charge in [-0.3, -0.25) is 4.79 Å². The number of hydrogen-bond donors (Lipinski definition) is 2. The number of carbonyl (C=O) groups excluding carboxylic acids is 1. The van der Waals surface area contributed by atoms with E-state index in [1.165, 1.54) is 6.08 Å². The molecule has 1 rings (SSSR count). The van der Waals surface area contributed by atoms with Crippen LogP contribution in [0.4, 0.5) is 0 Å². The molecular weight excluding hydrogens is 282 g/mol. The Morgan fingerprint density at radius 3 is 2.64 bits per heavy atom. The largest absolute Gasteiger partial charge is 0.493 e. The van der Waals surface area contributed by atoms with Gasteiger partial charge in [0.15, 0.2) is 11.5 Å². The maximum Gasteiger partial charge on any atom is 0.244 e. The Morgan fingerprint density at radius 2 is 2.05 bits per heavy atom. The molecule has 0 bridgehead atoms. The van der Waals surface area contributed by atoms with Gasteiger partial charge in [-0.25, -0.2) is 0 Å². The maximum absolute atomic E-state index is 11.6. The summed E-state index contributed by atoms with van der Waals surface area (Å²) in [7, 11) is 1.58. The average molecular weight is 307 g/mol.